The molecule has 0 bridgehead atoms. The number of hydrogen-bond donors (Lipinski definition) is 2. The number of thioether (sulfide) groups is 1. The van der Waals surface area contributed by atoms with Crippen LogP contribution in [-0.4, -0.2) is 34.0 Å². The Kier molecular flexibility index (Phi) is 2.98. The van der Waals surface area contributed by atoms with Crippen LogP contribution in [0.1, 0.15) is 6.42 Å². The van der Waals surface area contributed by atoms with E-state index in [1.807, 2.05) is 0 Å². The number of aliphatic carboxylic acids is 1. The van der Waals surface area contributed by atoms with Crippen LogP contribution in [0.15, 0.2) is 12.7 Å². The van der Waals surface area contributed by atoms with E-state index in [0.717, 1.165) is 11.8 Å². The number of carbonyl (C=O) groups excluding carboxylic acids is 1. The Morgan fingerprint density at radius 3 is 2.69 bits per heavy atom. The molecule has 1 unspecified atom stereocenters. The second-order valence-corrected chi connectivity index (χ2v) is 3.99. The van der Waals surface area contributed by atoms with Crippen molar-refractivity contribution in [2.75, 3.05) is 11.5 Å². The zero-order valence-corrected chi connectivity index (χ0v) is 7.89. The fourth-order valence-electron chi connectivity index (χ4n) is 1.17. The van der Waals surface area contributed by atoms with Crippen molar-refractivity contribution in [1.29, 1.82) is 0 Å². The lowest BCUT2D eigenvalue weighted by molar-refractivity contribution is -0.145. The summed E-state index contributed by atoms with van der Waals surface area (Å²) in [7, 11) is 0. The van der Waals surface area contributed by atoms with Crippen molar-refractivity contribution in [1.82, 2.24) is 5.32 Å². The molecule has 1 saturated heterocycles. The monoisotopic (exact) mass is 201 g/mol. The summed E-state index contributed by atoms with van der Waals surface area (Å²) in [6.07, 6.45) is 1.57. The molecule has 1 aliphatic rings. The zero-order chi connectivity index (χ0) is 9.90. The molecule has 0 radical (unpaired) electrons. The Balaban J connectivity index is 2.73. The third-order valence-corrected chi connectivity index (χ3v) is 3.17. The van der Waals surface area contributed by atoms with Crippen LogP contribution in [0.25, 0.3) is 0 Å². The van der Waals surface area contributed by atoms with Crippen LogP contribution in [-0.2, 0) is 9.59 Å². The van der Waals surface area contributed by atoms with Crippen molar-refractivity contribution in [3.8, 4) is 0 Å². The van der Waals surface area contributed by atoms with E-state index in [1.165, 1.54) is 11.8 Å². The average Bonchev–Trinajstić information content (AvgIpc) is 2.54. The van der Waals surface area contributed by atoms with Crippen LogP contribution in [0.5, 0.6) is 0 Å². The van der Waals surface area contributed by atoms with E-state index >= 15 is 0 Å². The highest BCUT2D eigenvalue weighted by atomic mass is 32.2. The largest absolute Gasteiger partial charge is 0.479 e. The molecule has 1 rings (SSSR count). The summed E-state index contributed by atoms with van der Waals surface area (Å²) in [6.45, 7) is 3.28. The molecule has 1 aliphatic heterocycles. The van der Waals surface area contributed by atoms with Crippen LogP contribution < -0.4 is 5.32 Å². The van der Waals surface area contributed by atoms with Gasteiger partial charge in [-0.2, -0.15) is 11.8 Å². The van der Waals surface area contributed by atoms with Crippen LogP contribution >= 0.6 is 11.8 Å². The van der Waals surface area contributed by atoms with Crippen molar-refractivity contribution < 1.29 is 14.7 Å². The molecule has 1 heterocycles. The minimum atomic E-state index is -1.07. The molecule has 1 fully saturated rings. The molecule has 0 spiro atoms. The second kappa shape index (κ2) is 3.83. The molecule has 4 nitrogen and oxygen atoms in total. The molecular formula is C8H11NO3S. The first-order chi connectivity index (χ1) is 6.10. The second-order valence-electron chi connectivity index (χ2n) is 2.88. The maximum absolute atomic E-state index is 11.0. The van der Waals surface area contributed by atoms with Crippen LogP contribution in [0.2, 0.25) is 0 Å². The highest BCUT2D eigenvalue weighted by Gasteiger charge is 2.42. The van der Waals surface area contributed by atoms with Crippen molar-refractivity contribution in [3.05, 3.63) is 12.7 Å². The smallest absolute Gasteiger partial charge is 0.330 e. The Morgan fingerprint density at radius 2 is 2.31 bits per heavy atom. The van der Waals surface area contributed by atoms with Gasteiger partial charge in [-0.1, -0.05) is 6.58 Å². The normalized spacial score (nSPS) is 26.8. The third kappa shape index (κ3) is 2.03. The quantitative estimate of drug-likeness (QED) is 0.642. The lowest BCUT2D eigenvalue weighted by Gasteiger charge is -2.23. The summed E-state index contributed by atoms with van der Waals surface area (Å²) in [5.41, 5.74) is -1.07. The highest BCUT2D eigenvalue weighted by molar-refractivity contribution is 7.99. The first-order valence-corrected chi connectivity index (χ1v) is 5.02. The van der Waals surface area contributed by atoms with E-state index in [1.54, 1.807) is 0 Å². The number of rotatable bonds is 3. The molecule has 0 aromatic heterocycles. The molecule has 0 aromatic carbocycles. The minimum absolute atomic E-state index is 0.426. The van der Waals surface area contributed by atoms with Gasteiger partial charge in [0, 0.05) is 5.75 Å². The topological polar surface area (TPSA) is 66.4 Å². The maximum atomic E-state index is 11.0. The molecule has 13 heavy (non-hydrogen) atoms. The molecule has 0 aromatic rings. The Hall–Kier alpha value is -0.970. The molecule has 0 saturated carbocycles. The predicted molar refractivity (Wildman–Crippen MR) is 50.6 cm³/mol. The van der Waals surface area contributed by atoms with Gasteiger partial charge in [0.05, 0.1) is 0 Å². The fourth-order valence-corrected chi connectivity index (χ4v) is 2.50. The van der Waals surface area contributed by atoms with Gasteiger partial charge in [0.2, 0.25) is 5.91 Å². The lowest BCUT2D eigenvalue weighted by Crippen LogP contribution is -2.54. The van der Waals surface area contributed by atoms with Crippen molar-refractivity contribution in [2.45, 2.75) is 12.0 Å². The lowest BCUT2D eigenvalue weighted by atomic mass is 9.99. The Labute approximate surface area is 80.4 Å². The number of nitrogens with one attached hydrogen (secondary N) is 1. The van der Waals surface area contributed by atoms with Crippen LogP contribution in [0, 0.1) is 0 Å². The van der Waals surface area contributed by atoms with Gasteiger partial charge in [0.1, 0.15) is 5.54 Å². The summed E-state index contributed by atoms with van der Waals surface area (Å²) in [5.74, 6) is -0.191. The van der Waals surface area contributed by atoms with Crippen molar-refractivity contribution in [2.24, 2.45) is 0 Å². The number of carboxylic acids is 1. The maximum Gasteiger partial charge on any atom is 0.330 e. The van der Waals surface area contributed by atoms with Crippen LogP contribution in [0.3, 0.4) is 0 Å². The number of carboxylic acid groups (broad SMARTS) is 1. The van der Waals surface area contributed by atoms with Gasteiger partial charge in [-0.3, -0.25) is 4.79 Å². The first kappa shape index (κ1) is 10.1. The molecule has 2 N–H and O–H groups in total. The molecule has 72 valence electrons. The summed E-state index contributed by atoms with van der Waals surface area (Å²) >= 11 is 1.53. The molecule has 1 amide bonds. The van der Waals surface area contributed by atoms with E-state index in [4.69, 9.17) is 5.11 Å². The third-order valence-electron chi connectivity index (χ3n) is 1.98. The zero-order valence-electron chi connectivity index (χ0n) is 7.08. The van der Waals surface area contributed by atoms with Gasteiger partial charge >= 0.3 is 5.97 Å². The Morgan fingerprint density at radius 1 is 1.62 bits per heavy atom. The van der Waals surface area contributed by atoms with Gasteiger partial charge in [-0.25, -0.2) is 4.79 Å². The van der Waals surface area contributed by atoms with Gasteiger partial charge < -0.3 is 10.4 Å². The van der Waals surface area contributed by atoms with E-state index in [2.05, 4.69) is 11.9 Å². The fraction of sp³-hybridized carbons (Fsp3) is 0.500. The molecular weight excluding hydrogens is 190 g/mol. The SMILES string of the molecule is C=CC(=O)NC1(C(=O)O)CCSC1. The summed E-state index contributed by atoms with van der Waals surface area (Å²) < 4.78 is 0. The average molecular weight is 201 g/mol. The number of amides is 1. The van der Waals surface area contributed by atoms with Gasteiger partial charge in [-0.05, 0) is 18.2 Å². The van der Waals surface area contributed by atoms with Gasteiger partial charge in [0.25, 0.3) is 0 Å². The van der Waals surface area contributed by atoms with Crippen molar-refractivity contribution in [3.63, 3.8) is 0 Å². The standard InChI is InChI=1S/C8H11NO3S/c1-2-6(10)9-8(7(11)12)3-4-13-5-8/h2H,1,3-5H2,(H,9,10)(H,11,12). The minimum Gasteiger partial charge on any atom is -0.479 e. The van der Waals surface area contributed by atoms with Gasteiger partial charge in [0.15, 0.2) is 0 Å². The van der Waals surface area contributed by atoms with E-state index in [-0.39, 0.29) is 0 Å². The highest BCUT2D eigenvalue weighted by Crippen LogP contribution is 2.28. The van der Waals surface area contributed by atoms with Crippen molar-refractivity contribution >= 4 is 23.6 Å². The number of carbonyl (C=O) groups is 2. The molecule has 0 aliphatic carbocycles. The van der Waals surface area contributed by atoms with Crippen LogP contribution in [0.4, 0.5) is 0 Å². The summed E-state index contributed by atoms with van der Waals surface area (Å²) in [5, 5.41) is 11.4. The first-order valence-electron chi connectivity index (χ1n) is 3.86. The van der Waals surface area contributed by atoms with E-state index in [0.29, 0.717) is 12.2 Å². The molecule has 1 atom stereocenters. The van der Waals surface area contributed by atoms with Gasteiger partial charge in [-0.15, -0.1) is 0 Å². The Bertz CT molecular complexity index is 246. The predicted octanol–water partition coefficient (Wildman–Crippen LogP) is 0.249. The van der Waals surface area contributed by atoms with E-state index < -0.39 is 17.4 Å². The van der Waals surface area contributed by atoms with E-state index in [9.17, 15) is 9.59 Å². The number of hydrogen-bond acceptors (Lipinski definition) is 3. The molecule has 5 heteroatoms. The summed E-state index contributed by atoms with van der Waals surface area (Å²) in [4.78, 5) is 21.9. The summed E-state index contributed by atoms with van der Waals surface area (Å²) in [6, 6.07) is 0.